The Hall–Kier alpha value is -3.40. The quantitative estimate of drug-likeness (QED) is 0.512. The van der Waals surface area contributed by atoms with E-state index in [-0.39, 0.29) is 12.0 Å². The highest BCUT2D eigenvalue weighted by molar-refractivity contribution is 7.80. The van der Waals surface area contributed by atoms with Crippen molar-refractivity contribution in [1.29, 1.82) is 0 Å². The molecule has 10 heteroatoms. The molecule has 1 aromatic carbocycles. The summed E-state index contributed by atoms with van der Waals surface area (Å²) in [5.74, 6) is 0.0823. The Labute approximate surface area is 196 Å². The minimum Gasteiger partial charge on any atom is -0.465 e. The molecule has 2 saturated heterocycles. The summed E-state index contributed by atoms with van der Waals surface area (Å²) in [6, 6.07) is 8.25. The molecule has 33 heavy (non-hydrogen) atoms. The van der Waals surface area contributed by atoms with Crippen LogP contribution in [0, 0.1) is 5.82 Å². The van der Waals surface area contributed by atoms with Gasteiger partial charge in [0.2, 0.25) is 5.91 Å². The average Bonchev–Trinajstić information content (AvgIpc) is 3.45. The summed E-state index contributed by atoms with van der Waals surface area (Å²) in [6.07, 6.45) is 3.80. The van der Waals surface area contributed by atoms with Crippen molar-refractivity contribution in [3.63, 3.8) is 0 Å². The first kappa shape index (κ1) is 22.8. The number of carbonyl (C=O) groups excluding carboxylic acids is 2. The van der Waals surface area contributed by atoms with E-state index in [1.807, 2.05) is 4.90 Å². The van der Waals surface area contributed by atoms with Crippen molar-refractivity contribution >= 4 is 46.7 Å². The Morgan fingerprint density at radius 2 is 2.06 bits per heavy atom. The average molecular weight is 473 g/mol. The van der Waals surface area contributed by atoms with E-state index in [0.717, 1.165) is 0 Å². The molecule has 2 fully saturated rings. The molecule has 0 spiro atoms. The van der Waals surface area contributed by atoms with Gasteiger partial charge in [-0.25, -0.2) is 9.18 Å². The Balaban J connectivity index is 1.34. The van der Waals surface area contributed by atoms with Crippen LogP contribution in [0.3, 0.4) is 0 Å². The highest BCUT2D eigenvalue weighted by Crippen LogP contribution is 2.28. The van der Waals surface area contributed by atoms with E-state index >= 15 is 0 Å². The number of nitrogens with one attached hydrogen (secondary N) is 1. The zero-order valence-corrected chi connectivity index (χ0v) is 19.0. The van der Waals surface area contributed by atoms with Crippen molar-refractivity contribution < 1.29 is 23.1 Å². The molecule has 0 unspecified atom stereocenters. The molecular formula is C23H25FN4O4S. The molecule has 1 aromatic heterocycles. The first-order chi connectivity index (χ1) is 15.9. The number of halogens is 1. The van der Waals surface area contributed by atoms with Crippen molar-refractivity contribution in [2.24, 2.45) is 0 Å². The molecule has 4 rings (SSSR count). The number of piperazine rings is 1. The molecule has 0 aliphatic carbocycles. The molecule has 2 aliphatic rings. The van der Waals surface area contributed by atoms with E-state index in [2.05, 4.69) is 5.32 Å². The molecule has 2 aliphatic heterocycles. The Bertz CT molecular complexity index is 1050. The lowest BCUT2D eigenvalue weighted by molar-refractivity contribution is -0.126. The van der Waals surface area contributed by atoms with Gasteiger partial charge in [-0.15, -0.1) is 0 Å². The van der Waals surface area contributed by atoms with E-state index in [9.17, 15) is 14.0 Å². The predicted octanol–water partition coefficient (Wildman–Crippen LogP) is 3.04. The summed E-state index contributed by atoms with van der Waals surface area (Å²) < 4.78 is 25.5. The molecular weight excluding hydrogens is 447 g/mol. The standard InChI is InChI=1S/C23H25FN4O4S/c1-16(33)25-14-19-15-28(23(30)32-19)17-4-6-21(20(24)13-17)26-8-10-27(11-9-26)22(29)7-5-18-3-2-12-31-18/h2-7,12-13,19H,8-11,14-15H2,1H3,(H,25,33)/t19-/m0/s1. The molecule has 174 valence electrons. The number of hydrogen-bond acceptors (Lipinski definition) is 6. The van der Waals surface area contributed by atoms with Gasteiger partial charge in [-0.2, -0.15) is 0 Å². The normalized spacial score (nSPS) is 18.7. The van der Waals surface area contributed by atoms with Crippen LogP contribution in [0.15, 0.2) is 47.1 Å². The van der Waals surface area contributed by atoms with E-state index in [4.69, 9.17) is 21.4 Å². The summed E-state index contributed by atoms with van der Waals surface area (Å²) in [7, 11) is 0. The highest BCUT2D eigenvalue weighted by atomic mass is 32.1. The molecule has 2 amide bonds. The second-order valence-corrected chi connectivity index (χ2v) is 8.46. The van der Waals surface area contributed by atoms with Crippen LogP contribution in [0.2, 0.25) is 0 Å². The van der Waals surface area contributed by atoms with Gasteiger partial charge in [0, 0.05) is 32.3 Å². The number of rotatable bonds is 6. The molecule has 1 N–H and O–H groups in total. The number of furan rings is 1. The van der Waals surface area contributed by atoms with Gasteiger partial charge in [0.25, 0.3) is 0 Å². The van der Waals surface area contributed by atoms with E-state index in [1.165, 1.54) is 17.0 Å². The van der Waals surface area contributed by atoms with Crippen molar-refractivity contribution in [3.05, 3.63) is 54.2 Å². The largest absolute Gasteiger partial charge is 0.465 e. The molecule has 2 aromatic rings. The van der Waals surface area contributed by atoms with E-state index in [0.29, 0.717) is 61.4 Å². The number of hydrogen-bond donors (Lipinski definition) is 1. The SMILES string of the molecule is CC(=S)NC[C@H]1CN(c2ccc(N3CCN(C(=O)C=Cc4ccco4)CC3)c(F)c2)C(=O)O1. The lowest BCUT2D eigenvalue weighted by Gasteiger charge is -2.36. The first-order valence-corrected chi connectivity index (χ1v) is 11.1. The van der Waals surface area contributed by atoms with Gasteiger partial charge in [-0.1, -0.05) is 12.2 Å². The third-order valence-corrected chi connectivity index (χ3v) is 5.71. The lowest BCUT2D eigenvalue weighted by atomic mass is 10.2. The number of anilines is 2. The molecule has 8 nitrogen and oxygen atoms in total. The Kier molecular flexibility index (Phi) is 6.93. The lowest BCUT2D eigenvalue weighted by Crippen LogP contribution is -2.48. The predicted molar refractivity (Wildman–Crippen MR) is 127 cm³/mol. The van der Waals surface area contributed by atoms with Crippen molar-refractivity contribution in [1.82, 2.24) is 10.2 Å². The fourth-order valence-electron chi connectivity index (χ4n) is 3.83. The summed E-state index contributed by atoms with van der Waals surface area (Å²) in [5.41, 5.74) is 0.888. The van der Waals surface area contributed by atoms with Gasteiger partial charge >= 0.3 is 6.09 Å². The zero-order chi connectivity index (χ0) is 23.4. The minimum atomic E-state index is -0.509. The maximum Gasteiger partial charge on any atom is 0.414 e. The molecule has 0 saturated carbocycles. The van der Waals surface area contributed by atoms with Gasteiger partial charge in [-0.3, -0.25) is 9.69 Å². The second-order valence-electron chi connectivity index (χ2n) is 7.85. The number of thiocarbonyl (C=S) groups is 1. The van der Waals surface area contributed by atoms with Crippen molar-refractivity contribution in [2.45, 2.75) is 13.0 Å². The van der Waals surface area contributed by atoms with Crippen LogP contribution < -0.4 is 15.1 Å². The maximum absolute atomic E-state index is 14.9. The van der Waals surface area contributed by atoms with Gasteiger partial charge in [0.1, 0.15) is 17.7 Å². The molecule has 0 bridgehead atoms. The fraction of sp³-hybridized carbons (Fsp3) is 0.348. The third-order valence-electron chi connectivity index (χ3n) is 5.56. The van der Waals surface area contributed by atoms with Crippen molar-refractivity contribution in [3.8, 4) is 0 Å². The summed E-state index contributed by atoms with van der Waals surface area (Å²) in [6.45, 7) is 4.46. The maximum atomic E-state index is 14.9. The number of nitrogens with zero attached hydrogens (tertiary/aromatic N) is 3. The second kappa shape index (κ2) is 10.0. The number of cyclic esters (lactones) is 1. The topological polar surface area (TPSA) is 78.3 Å². The Morgan fingerprint density at radius 3 is 2.73 bits per heavy atom. The highest BCUT2D eigenvalue weighted by Gasteiger charge is 2.33. The van der Waals surface area contributed by atoms with Gasteiger partial charge < -0.3 is 24.3 Å². The van der Waals surface area contributed by atoms with Crippen LogP contribution in [0.1, 0.15) is 12.7 Å². The number of amides is 2. The third kappa shape index (κ3) is 5.51. The van der Waals surface area contributed by atoms with Crippen molar-refractivity contribution in [2.75, 3.05) is 49.1 Å². The number of carbonyl (C=O) groups is 2. The van der Waals surface area contributed by atoms with Crippen LogP contribution in [0.5, 0.6) is 0 Å². The minimum absolute atomic E-state index is 0.109. The molecule has 0 radical (unpaired) electrons. The van der Waals surface area contributed by atoms with E-state index in [1.54, 1.807) is 48.4 Å². The number of benzene rings is 1. The van der Waals surface area contributed by atoms with Crippen LogP contribution in [-0.2, 0) is 9.53 Å². The van der Waals surface area contributed by atoms with Crippen LogP contribution in [0.25, 0.3) is 6.08 Å². The monoisotopic (exact) mass is 472 g/mol. The summed E-state index contributed by atoms with van der Waals surface area (Å²) in [4.78, 5) is 30.3. The van der Waals surface area contributed by atoms with Gasteiger partial charge in [0.05, 0.1) is 35.7 Å². The fourth-order valence-corrected chi connectivity index (χ4v) is 3.91. The Morgan fingerprint density at radius 1 is 1.27 bits per heavy atom. The summed E-state index contributed by atoms with van der Waals surface area (Å²) in [5, 5.41) is 2.98. The zero-order valence-electron chi connectivity index (χ0n) is 18.2. The van der Waals surface area contributed by atoms with E-state index < -0.39 is 11.9 Å². The smallest absolute Gasteiger partial charge is 0.414 e. The van der Waals surface area contributed by atoms with Crippen LogP contribution >= 0.6 is 12.2 Å². The van der Waals surface area contributed by atoms with Gasteiger partial charge in [0.15, 0.2) is 0 Å². The molecule has 3 heterocycles. The van der Waals surface area contributed by atoms with Crippen LogP contribution in [-0.4, -0.2) is 67.3 Å². The van der Waals surface area contributed by atoms with Crippen LogP contribution in [0.4, 0.5) is 20.6 Å². The molecule has 1 atom stereocenters. The van der Waals surface area contributed by atoms with Gasteiger partial charge in [-0.05, 0) is 43.3 Å². The summed E-state index contributed by atoms with van der Waals surface area (Å²) >= 11 is 4.98. The first-order valence-electron chi connectivity index (χ1n) is 10.7. The number of ether oxygens (including phenoxy) is 1.